The van der Waals surface area contributed by atoms with Crippen LogP contribution in [0.2, 0.25) is 0 Å². The maximum Gasteiger partial charge on any atom is 0.407 e. The maximum absolute atomic E-state index is 12.1. The first-order chi connectivity index (χ1) is 13.4. The molecule has 28 heavy (non-hydrogen) atoms. The SMILES string of the molecule is Cc1ncc(CC(=O)Nc2cc([C@H]3CC[C@@H](OC(=O)NCC(F)F)C3)[nH]n2)s1. The minimum atomic E-state index is -2.61. The highest BCUT2D eigenvalue weighted by Crippen LogP contribution is 2.35. The third-order valence-electron chi connectivity index (χ3n) is 4.37. The van der Waals surface area contributed by atoms with E-state index in [4.69, 9.17) is 4.74 Å². The van der Waals surface area contributed by atoms with Gasteiger partial charge in [-0.25, -0.2) is 18.6 Å². The van der Waals surface area contributed by atoms with Gasteiger partial charge in [0.2, 0.25) is 5.91 Å². The molecule has 8 nitrogen and oxygen atoms in total. The summed E-state index contributed by atoms with van der Waals surface area (Å²) in [6, 6.07) is 1.76. The molecule has 2 amide bonds. The Balaban J connectivity index is 1.46. The summed E-state index contributed by atoms with van der Waals surface area (Å²) in [5.74, 6) is 0.348. The van der Waals surface area contributed by atoms with E-state index in [2.05, 4.69) is 20.5 Å². The number of thiazole rings is 1. The van der Waals surface area contributed by atoms with E-state index in [1.165, 1.54) is 11.3 Å². The lowest BCUT2D eigenvalue weighted by Gasteiger charge is -2.13. The monoisotopic (exact) mass is 413 g/mol. The minimum Gasteiger partial charge on any atom is -0.446 e. The number of carbonyl (C=O) groups is 2. The highest BCUT2D eigenvalue weighted by Gasteiger charge is 2.30. The van der Waals surface area contributed by atoms with Crippen molar-refractivity contribution in [2.75, 3.05) is 11.9 Å². The van der Waals surface area contributed by atoms with Crippen molar-refractivity contribution in [2.45, 2.75) is 51.1 Å². The molecule has 1 saturated carbocycles. The summed E-state index contributed by atoms with van der Waals surface area (Å²) in [6.45, 7) is 1.16. The van der Waals surface area contributed by atoms with E-state index >= 15 is 0 Å². The van der Waals surface area contributed by atoms with Crippen molar-refractivity contribution in [1.82, 2.24) is 20.5 Å². The lowest BCUT2D eigenvalue weighted by Crippen LogP contribution is -2.31. The number of anilines is 1. The molecule has 1 aliphatic rings. The number of rotatable bonds is 7. The Hall–Kier alpha value is -2.56. The van der Waals surface area contributed by atoms with Crippen LogP contribution in [-0.4, -0.2) is 46.3 Å². The fourth-order valence-electron chi connectivity index (χ4n) is 3.13. The first kappa shape index (κ1) is 20.2. The number of aromatic nitrogens is 3. The molecular formula is C17H21F2N5O3S. The number of aromatic amines is 1. The molecular weight excluding hydrogens is 392 g/mol. The van der Waals surface area contributed by atoms with Crippen molar-refractivity contribution < 1.29 is 23.1 Å². The number of nitrogens with one attached hydrogen (secondary N) is 3. The predicted molar refractivity (Wildman–Crippen MR) is 98.6 cm³/mol. The van der Waals surface area contributed by atoms with Gasteiger partial charge in [-0.15, -0.1) is 11.3 Å². The van der Waals surface area contributed by atoms with E-state index in [1.807, 2.05) is 12.2 Å². The van der Waals surface area contributed by atoms with Gasteiger partial charge in [0.05, 0.1) is 18.0 Å². The summed E-state index contributed by atoms with van der Waals surface area (Å²) >= 11 is 1.47. The number of amides is 2. The zero-order valence-corrected chi connectivity index (χ0v) is 16.0. The molecule has 3 N–H and O–H groups in total. The zero-order valence-electron chi connectivity index (χ0n) is 15.2. The average molecular weight is 413 g/mol. The molecule has 0 saturated heterocycles. The number of alkyl carbamates (subject to hydrolysis) is 1. The molecule has 2 atom stereocenters. The first-order valence-corrected chi connectivity index (χ1v) is 9.69. The van der Waals surface area contributed by atoms with Crippen LogP contribution < -0.4 is 10.6 Å². The van der Waals surface area contributed by atoms with Gasteiger partial charge in [-0.3, -0.25) is 9.89 Å². The minimum absolute atomic E-state index is 0.0928. The van der Waals surface area contributed by atoms with Gasteiger partial charge in [0, 0.05) is 28.8 Å². The third kappa shape index (κ3) is 5.72. The topological polar surface area (TPSA) is 109 Å². The number of carbonyl (C=O) groups excluding carboxylic acids is 2. The summed E-state index contributed by atoms with van der Waals surface area (Å²) in [7, 11) is 0. The Morgan fingerprint density at radius 3 is 2.96 bits per heavy atom. The van der Waals surface area contributed by atoms with Crippen molar-refractivity contribution in [3.63, 3.8) is 0 Å². The van der Waals surface area contributed by atoms with E-state index in [0.29, 0.717) is 18.7 Å². The second kappa shape index (κ2) is 9.09. The summed E-state index contributed by atoms with van der Waals surface area (Å²) in [5, 5.41) is 12.7. The highest BCUT2D eigenvalue weighted by molar-refractivity contribution is 7.11. The molecule has 11 heteroatoms. The van der Waals surface area contributed by atoms with Crippen molar-refractivity contribution >= 4 is 29.2 Å². The van der Waals surface area contributed by atoms with E-state index in [-0.39, 0.29) is 24.3 Å². The van der Waals surface area contributed by atoms with Gasteiger partial charge >= 0.3 is 6.09 Å². The molecule has 2 heterocycles. The molecule has 0 spiro atoms. The Morgan fingerprint density at radius 2 is 2.25 bits per heavy atom. The first-order valence-electron chi connectivity index (χ1n) is 8.88. The van der Waals surface area contributed by atoms with Gasteiger partial charge in [-0.2, -0.15) is 5.10 Å². The molecule has 152 valence electrons. The largest absolute Gasteiger partial charge is 0.446 e. The second-order valence-corrected chi connectivity index (χ2v) is 7.91. The smallest absolute Gasteiger partial charge is 0.407 e. The number of alkyl halides is 2. The quantitative estimate of drug-likeness (QED) is 0.647. The molecule has 0 bridgehead atoms. The van der Waals surface area contributed by atoms with Crippen LogP contribution in [0.3, 0.4) is 0 Å². The number of hydrogen-bond acceptors (Lipinski definition) is 6. The fourth-order valence-corrected chi connectivity index (χ4v) is 3.92. The number of ether oxygens (including phenoxy) is 1. The number of aryl methyl sites for hydroxylation is 1. The second-order valence-electron chi connectivity index (χ2n) is 6.59. The van der Waals surface area contributed by atoms with E-state index in [0.717, 1.165) is 22.0 Å². The van der Waals surface area contributed by atoms with E-state index in [9.17, 15) is 18.4 Å². The van der Waals surface area contributed by atoms with Crippen LogP contribution in [0.4, 0.5) is 19.4 Å². The summed E-state index contributed by atoms with van der Waals surface area (Å²) in [4.78, 5) is 28.6. The molecule has 1 fully saturated rings. The molecule has 0 aromatic carbocycles. The maximum atomic E-state index is 12.1. The van der Waals surface area contributed by atoms with Gasteiger partial charge < -0.3 is 15.4 Å². The molecule has 0 unspecified atom stereocenters. The van der Waals surface area contributed by atoms with E-state index < -0.39 is 19.1 Å². The van der Waals surface area contributed by atoms with Crippen LogP contribution in [0.15, 0.2) is 12.3 Å². The highest BCUT2D eigenvalue weighted by atomic mass is 32.1. The Kier molecular flexibility index (Phi) is 6.55. The molecule has 0 aliphatic heterocycles. The van der Waals surface area contributed by atoms with Gasteiger partial charge in [0.25, 0.3) is 6.43 Å². The van der Waals surface area contributed by atoms with Gasteiger partial charge in [-0.05, 0) is 26.2 Å². The molecule has 1 aliphatic carbocycles. The van der Waals surface area contributed by atoms with Crippen molar-refractivity contribution in [2.24, 2.45) is 0 Å². The molecule has 0 radical (unpaired) electrons. The van der Waals surface area contributed by atoms with Gasteiger partial charge in [-0.1, -0.05) is 0 Å². The van der Waals surface area contributed by atoms with Crippen molar-refractivity contribution in [1.29, 1.82) is 0 Å². The number of halogens is 2. The van der Waals surface area contributed by atoms with Crippen LogP contribution in [0.1, 0.15) is 40.8 Å². The Bertz CT molecular complexity index is 825. The average Bonchev–Trinajstić information content (AvgIpc) is 3.35. The summed E-state index contributed by atoms with van der Waals surface area (Å²) in [6.07, 6.45) is 0.119. The standard InChI is InChI=1S/C17H21F2N5O3S/c1-9-20-7-12(28-9)5-16(25)22-15-6-13(23-24-15)10-2-3-11(4-10)27-17(26)21-8-14(18)19/h6-7,10-11,14H,2-5,8H2,1H3,(H,21,26)(H2,22,23,24,25)/t10-,11+/m0/s1. The van der Waals surface area contributed by atoms with Gasteiger partial charge in [0.15, 0.2) is 5.82 Å². The van der Waals surface area contributed by atoms with Crippen LogP contribution >= 0.6 is 11.3 Å². The predicted octanol–water partition coefficient (Wildman–Crippen LogP) is 2.98. The van der Waals surface area contributed by atoms with Crippen LogP contribution in [0.5, 0.6) is 0 Å². The van der Waals surface area contributed by atoms with Crippen LogP contribution in [-0.2, 0) is 16.0 Å². The summed E-state index contributed by atoms with van der Waals surface area (Å²) < 4.78 is 29.3. The number of nitrogens with zero attached hydrogens (tertiary/aromatic N) is 2. The summed E-state index contributed by atoms with van der Waals surface area (Å²) in [5.41, 5.74) is 0.836. The van der Waals surface area contributed by atoms with Crippen molar-refractivity contribution in [3.8, 4) is 0 Å². The molecule has 2 aromatic rings. The molecule has 3 rings (SSSR count). The zero-order chi connectivity index (χ0) is 20.1. The van der Waals surface area contributed by atoms with E-state index in [1.54, 1.807) is 12.3 Å². The lowest BCUT2D eigenvalue weighted by atomic mass is 10.0. The number of hydrogen-bond donors (Lipinski definition) is 3. The third-order valence-corrected chi connectivity index (χ3v) is 5.28. The van der Waals surface area contributed by atoms with Crippen LogP contribution in [0.25, 0.3) is 0 Å². The number of H-pyrrole nitrogens is 1. The van der Waals surface area contributed by atoms with Crippen molar-refractivity contribution in [3.05, 3.63) is 27.8 Å². The molecule has 2 aromatic heterocycles. The Labute approximate surface area is 164 Å². The Morgan fingerprint density at radius 1 is 1.43 bits per heavy atom. The lowest BCUT2D eigenvalue weighted by molar-refractivity contribution is -0.115. The van der Waals surface area contributed by atoms with Crippen LogP contribution in [0, 0.1) is 6.92 Å². The van der Waals surface area contributed by atoms with Gasteiger partial charge in [0.1, 0.15) is 6.10 Å². The fraction of sp³-hybridized carbons (Fsp3) is 0.529. The normalized spacial score (nSPS) is 19.0.